The van der Waals surface area contributed by atoms with Crippen LogP contribution < -0.4 is 10.6 Å². The summed E-state index contributed by atoms with van der Waals surface area (Å²) in [6, 6.07) is 15.4. The number of carboxylic acids is 1. The van der Waals surface area contributed by atoms with E-state index in [0.717, 1.165) is 6.42 Å². The van der Waals surface area contributed by atoms with Gasteiger partial charge in [0.2, 0.25) is 5.91 Å². The molecule has 0 bridgehead atoms. The third-order valence-electron chi connectivity index (χ3n) is 6.66. The highest BCUT2D eigenvalue weighted by molar-refractivity contribution is 5.85. The Kier molecular flexibility index (Phi) is 8.90. The SMILES string of the molecule is CC(CCCC(C)C(=O)N[C@H](C(=O)O)C(C)C)NC(=O)OCC1c2ccccc2-c2ccccc21. The molecule has 0 fully saturated rings. The van der Waals surface area contributed by atoms with E-state index in [-0.39, 0.29) is 36.3 Å². The Morgan fingerprint density at radius 3 is 2.00 bits per heavy atom. The zero-order valence-corrected chi connectivity index (χ0v) is 20.9. The molecule has 0 saturated heterocycles. The summed E-state index contributed by atoms with van der Waals surface area (Å²) in [6.07, 6.45) is 1.56. The van der Waals surface area contributed by atoms with Crippen LogP contribution in [0.25, 0.3) is 11.1 Å². The van der Waals surface area contributed by atoms with Crippen LogP contribution in [0.3, 0.4) is 0 Å². The molecule has 0 aromatic heterocycles. The molecule has 2 aromatic rings. The van der Waals surface area contributed by atoms with Crippen molar-refractivity contribution in [3.63, 3.8) is 0 Å². The maximum atomic E-state index is 12.4. The molecule has 3 N–H and O–H groups in total. The van der Waals surface area contributed by atoms with Crippen molar-refractivity contribution in [2.75, 3.05) is 6.61 Å². The Hall–Kier alpha value is -3.35. The van der Waals surface area contributed by atoms with Gasteiger partial charge in [-0.3, -0.25) is 4.79 Å². The zero-order chi connectivity index (χ0) is 25.5. The van der Waals surface area contributed by atoms with Gasteiger partial charge >= 0.3 is 12.1 Å². The molecule has 7 heteroatoms. The van der Waals surface area contributed by atoms with E-state index in [1.807, 2.05) is 31.2 Å². The average Bonchev–Trinajstić information content (AvgIpc) is 3.14. The molecule has 2 amide bonds. The molecule has 3 atom stereocenters. The van der Waals surface area contributed by atoms with Crippen molar-refractivity contribution in [1.29, 1.82) is 0 Å². The summed E-state index contributed by atoms with van der Waals surface area (Å²) in [5, 5.41) is 14.7. The zero-order valence-electron chi connectivity index (χ0n) is 20.9. The minimum atomic E-state index is -1.03. The molecule has 3 rings (SSSR count). The Morgan fingerprint density at radius 2 is 1.46 bits per heavy atom. The van der Waals surface area contributed by atoms with E-state index < -0.39 is 18.1 Å². The van der Waals surface area contributed by atoms with Crippen molar-refractivity contribution >= 4 is 18.0 Å². The van der Waals surface area contributed by atoms with Gasteiger partial charge in [-0.1, -0.05) is 75.7 Å². The highest BCUT2D eigenvalue weighted by Crippen LogP contribution is 2.44. The number of hydrogen-bond donors (Lipinski definition) is 3. The maximum absolute atomic E-state index is 12.4. The third-order valence-corrected chi connectivity index (χ3v) is 6.66. The molecule has 0 aliphatic heterocycles. The number of nitrogens with one attached hydrogen (secondary N) is 2. The Morgan fingerprint density at radius 1 is 0.886 bits per heavy atom. The van der Waals surface area contributed by atoms with E-state index >= 15 is 0 Å². The van der Waals surface area contributed by atoms with Crippen LogP contribution in [0, 0.1) is 11.8 Å². The predicted molar refractivity (Wildman–Crippen MR) is 135 cm³/mol. The van der Waals surface area contributed by atoms with Crippen molar-refractivity contribution in [1.82, 2.24) is 10.6 Å². The van der Waals surface area contributed by atoms with Crippen LogP contribution in [0.5, 0.6) is 0 Å². The number of amides is 2. The van der Waals surface area contributed by atoms with Gasteiger partial charge in [0.05, 0.1) is 0 Å². The van der Waals surface area contributed by atoms with Crippen LogP contribution in [-0.4, -0.2) is 41.8 Å². The molecule has 0 saturated carbocycles. The van der Waals surface area contributed by atoms with Gasteiger partial charge in [-0.2, -0.15) is 0 Å². The number of rotatable bonds is 11. The van der Waals surface area contributed by atoms with Crippen molar-refractivity contribution in [3.8, 4) is 11.1 Å². The molecule has 1 aliphatic carbocycles. The highest BCUT2D eigenvalue weighted by atomic mass is 16.5. The number of alkyl carbamates (subject to hydrolysis) is 1. The number of benzene rings is 2. The molecule has 7 nitrogen and oxygen atoms in total. The first kappa shape index (κ1) is 26.3. The van der Waals surface area contributed by atoms with E-state index in [2.05, 4.69) is 34.9 Å². The molecular weight excluding hydrogens is 444 g/mol. The molecule has 1 aliphatic rings. The first-order valence-electron chi connectivity index (χ1n) is 12.3. The standard InChI is InChI=1S/C28H36N2O5/c1-17(2)25(27(32)33)30-26(31)18(3)10-9-11-19(4)29-28(34)35-16-24-22-14-7-5-12-20(22)21-13-6-8-15-23(21)24/h5-8,12-15,17-19,24-25H,9-11,16H2,1-4H3,(H,29,34)(H,30,31)(H,32,33)/t18?,19?,25-/m0/s1. The van der Waals surface area contributed by atoms with Gasteiger partial charge in [-0.25, -0.2) is 9.59 Å². The van der Waals surface area contributed by atoms with Crippen LogP contribution in [0.15, 0.2) is 48.5 Å². The van der Waals surface area contributed by atoms with Crippen molar-refractivity contribution in [3.05, 3.63) is 59.7 Å². The second-order valence-electron chi connectivity index (χ2n) is 9.77. The summed E-state index contributed by atoms with van der Waals surface area (Å²) in [6.45, 7) is 7.49. The van der Waals surface area contributed by atoms with Gasteiger partial charge in [0, 0.05) is 17.9 Å². The number of hydrogen-bond acceptors (Lipinski definition) is 4. The van der Waals surface area contributed by atoms with Gasteiger partial charge in [0.15, 0.2) is 0 Å². The van der Waals surface area contributed by atoms with E-state index in [1.54, 1.807) is 20.8 Å². The lowest BCUT2D eigenvalue weighted by Crippen LogP contribution is -2.46. The van der Waals surface area contributed by atoms with Gasteiger partial charge in [0.25, 0.3) is 0 Å². The summed E-state index contributed by atoms with van der Waals surface area (Å²) < 4.78 is 5.59. The topological polar surface area (TPSA) is 105 Å². The number of ether oxygens (including phenoxy) is 1. The molecule has 188 valence electrons. The minimum absolute atomic E-state index is 0.0169. The van der Waals surface area contributed by atoms with Crippen LogP contribution in [0.4, 0.5) is 4.79 Å². The first-order chi connectivity index (χ1) is 16.7. The smallest absolute Gasteiger partial charge is 0.407 e. The number of carbonyl (C=O) groups excluding carboxylic acids is 2. The van der Waals surface area contributed by atoms with Crippen LogP contribution >= 0.6 is 0 Å². The van der Waals surface area contributed by atoms with Crippen LogP contribution in [-0.2, 0) is 14.3 Å². The monoisotopic (exact) mass is 480 g/mol. The third kappa shape index (κ3) is 6.62. The first-order valence-corrected chi connectivity index (χ1v) is 12.3. The number of carboxylic acid groups (broad SMARTS) is 1. The lowest BCUT2D eigenvalue weighted by molar-refractivity contribution is -0.143. The molecule has 0 heterocycles. The lowest BCUT2D eigenvalue weighted by atomic mass is 9.98. The Bertz CT molecular complexity index is 1010. The molecule has 0 spiro atoms. The van der Waals surface area contributed by atoms with E-state index in [4.69, 9.17) is 4.74 Å². The number of aliphatic carboxylic acids is 1. The quantitative estimate of drug-likeness (QED) is 0.422. The van der Waals surface area contributed by atoms with Crippen molar-refractivity contribution in [2.45, 2.75) is 65.0 Å². The van der Waals surface area contributed by atoms with E-state index in [9.17, 15) is 19.5 Å². The number of fused-ring (bicyclic) bond motifs is 3. The normalized spacial score (nSPS) is 15.0. The van der Waals surface area contributed by atoms with Crippen LogP contribution in [0.2, 0.25) is 0 Å². The molecular formula is C28H36N2O5. The second-order valence-corrected chi connectivity index (χ2v) is 9.77. The second kappa shape index (κ2) is 11.9. The van der Waals surface area contributed by atoms with E-state index in [0.29, 0.717) is 12.8 Å². The fourth-order valence-electron chi connectivity index (χ4n) is 4.58. The van der Waals surface area contributed by atoms with Gasteiger partial charge < -0.3 is 20.5 Å². The molecule has 2 unspecified atom stereocenters. The minimum Gasteiger partial charge on any atom is -0.480 e. The largest absolute Gasteiger partial charge is 0.480 e. The Balaban J connectivity index is 1.42. The molecule has 0 radical (unpaired) electrons. The fourth-order valence-corrected chi connectivity index (χ4v) is 4.58. The van der Waals surface area contributed by atoms with Crippen molar-refractivity contribution in [2.24, 2.45) is 11.8 Å². The molecule has 35 heavy (non-hydrogen) atoms. The summed E-state index contributed by atoms with van der Waals surface area (Å²) in [4.78, 5) is 36.1. The van der Waals surface area contributed by atoms with Gasteiger partial charge in [-0.05, 0) is 47.9 Å². The van der Waals surface area contributed by atoms with Gasteiger partial charge in [0.1, 0.15) is 12.6 Å². The average molecular weight is 481 g/mol. The highest BCUT2D eigenvalue weighted by Gasteiger charge is 2.29. The summed E-state index contributed by atoms with van der Waals surface area (Å²) in [5.74, 6) is -1.77. The van der Waals surface area contributed by atoms with Crippen LogP contribution in [0.1, 0.15) is 64.0 Å². The molecule has 2 aromatic carbocycles. The maximum Gasteiger partial charge on any atom is 0.407 e. The summed E-state index contributed by atoms with van der Waals surface area (Å²) in [7, 11) is 0. The number of carbonyl (C=O) groups is 3. The fraction of sp³-hybridized carbons (Fsp3) is 0.464. The Labute approximate surface area is 207 Å². The summed E-state index contributed by atoms with van der Waals surface area (Å²) in [5.41, 5.74) is 4.72. The van der Waals surface area contributed by atoms with Crippen molar-refractivity contribution < 1.29 is 24.2 Å². The van der Waals surface area contributed by atoms with E-state index in [1.165, 1.54) is 22.3 Å². The predicted octanol–water partition coefficient (Wildman–Crippen LogP) is 4.95. The lowest BCUT2D eigenvalue weighted by Gasteiger charge is -2.21. The van der Waals surface area contributed by atoms with Gasteiger partial charge in [-0.15, -0.1) is 0 Å². The summed E-state index contributed by atoms with van der Waals surface area (Å²) >= 11 is 0.